The van der Waals surface area contributed by atoms with Gasteiger partial charge in [0.25, 0.3) is 5.91 Å². The van der Waals surface area contributed by atoms with Gasteiger partial charge in [-0.25, -0.2) is 0 Å². The molecule has 2 amide bonds. The summed E-state index contributed by atoms with van der Waals surface area (Å²) in [6, 6.07) is 14.8. The van der Waals surface area contributed by atoms with E-state index in [1.807, 2.05) is 30.3 Å². The molecular formula is C23H26BrN3O5S. The molecule has 33 heavy (non-hydrogen) atoms. The van der Waals surface area contributed by atoms with Crippen molar-refractivity contribution in [2.24, 2.45) is 0 Å². The Labute approximate surface area is 206 Å². The number of methoxy groups -OCH3 is 1. The van der Waals surface area contributed by atoms with Crippen molar-refractivity contribution in [3.8, 4) is 5.75 Å². The Hall–Kier alpha value is -2.98. The summed E-state index contributed by atoms with van der Waals surface area (Å²) in [5.41, 5.74) is 6.44. The molecule has 2 aromatic rings. The first-order chi connectivity index (χ1) is 15.9. The molecule has 8 nitrogen and oxygen atoms in total. The molecule has 0 aromatic heterocycles. The number of ether oxygens (including phenoxy) is 2. The molecule has 0 spiro atoms. The number of carbonyl (C=O) groups is 3. The van der Waals surface area contributed by atoms with Gasteiger partial charge in [-0.1, -0.05) is 30.3 Å². The number of amides is 2. The fourth-order valence-corrected chi connectivity index (χ4v) is 3.49. The molecule has 0 unspecified atom stereocenters. The Balaban J connectivity index is 1.57. The van der Waals surface area contributed by atoms with Gasteiger partial charge in [-0.05, 0) is 71.2 Å². The second-order valence-electron chi connectivity index (χ2n) is 6.97. The number of aryl methyl sites for hydroxylation is 1. The van der Waals surface area contributed by atoms with E-state index in [0.717, 1.165) is 12.8 Å². The van der Waals surface area contributed by atoms with Crippen LogP contribution in [0.3, 0.4) is 0 Å². The number of hydrogen-bond acceptors (Lipinski definition) is 6. The van der Waals surface area contributed by atoms with Gasteiger partial charge < -0.3 is 14.8 Å². The summed E-state index contributed by atoms with van der Waals surface area (Å²) in [7, 11) is 1.53. The van der Waals surface area contributed by atoms with Crippen LogP contribution in [-0.2, 0) is 20.7 Å². The van der Waals surface area contributed by atoms with Gasteiger partial charge in [0.2, 0.25) is 5.91 Å². The SMILES string of the molecule is COc1ccc(C(=O)NNC(=S)NC(=O)CCCC(=O)OCCCc2ccccc2)cc1Br. The summed E-state index contributed by atoms with van der Waals surface area (Å²) < 4.78 is 10.9. The predicted molar refractivity (Wildman–Crippen MR) is 132 cm³/mol. The molecule has 0 aliphatic carbocycles. The average Bonchev–Trinajstić information content (AvgIpc) is 2.81. The maximum Gasteiger partial charge on any atom is 0.305 e. The van der Waals surface area contributed by atoms with E-state index in [0.29, 0.717) is 28.8 Å². The summed E-state index contributed by atoms with van der Waals surface area (Å²) >= 11 is 8.31. The van der Waals surface area contributed by atoms with Crippen molar-refractivity contribution in [2.75, 3.05) is 13.7 Å². The van der Waals surface area contributed by atoms with Crippen LogP contribution in [0.15, 0.2) is 53.0 Å². The van der Waals surface area contributed by atoms with Crippen LogP contribution in [0.5, 0.6) is 5.75 Å². The third-order valence-corrected chi connectivity index (χ3v) is 5.28. The van der Waals surface area contributed by atoms with Crippen LogP contribution in [0.1, 0.15) is 41.6 Å². The van der Waals surface area contributed by atoms with E-state index in [1.54, 1.807) is 18.2 Å². The third kappa shape index (κ3) is 10.0. The van der Waals surface area contributed by atoms with Crippen molar-refractivity contribution >= 4 is 51.0 Å². The van der Waals surface area contributed by atoms with Gasteiger partial charge in [0.15, 0.2) is 5.11 Å². The first kappa shape index (κ1) is 26.3. The summed E-state index contributed by atoms with van der Waals surface area (Å²) in [4.78, 5) is 35.9. The van der Waals surface area contributed by atoms with E-state index in [4.69, 9.17) is 21.7 Å². The Morgan fingerprint density at radius 1 is 1.00 bits per heavy atom. The maximum absolute atomic E-state index is 12.2. The van der Waals surface area contributed by atoms with Gasteiger partial charge in [-0.3, -0.25) is 25.2 Å². The standard InChI is InChI=1S/C23H26BrN3O5S/c1-31-19-13-12-17(15-18(19)24)22(30)26-27-23(33)25-20(28)10-5-11-21(29)32-14-6-9-16-7-3-2-4-8-16/h2-4,7-8,12-13,15H,5-6,9-11,14H2,1H3,(H,26,30)(H2,25,27,28,33). The largest absolute Gasteiger partial charge is 0.496 e. The molecule has 0 aliphatic heterocycles. The molecule has 0 aliphatic rings. The lowest BCUT2D eigenvalue weighted by atomic mass is 10.1. The van der Waals surface area contributed by atoms with E-state index in [2.05, 4.69) is 32.1 Å². The fourth-order valence-electron chi connectivity index (χ4n) is 2.79. The normalized spacial score (nSPS) is 10.1. The first-order valence-corrected chi connectivity index (χ1v) is 11.5. The molecule has 2 aromatic carbocycles. The number of esters is 1. The van der Waals surface area contributed by atoms with Crippen molar-refractivity contribution < 1.29 is 23.9 Å². The zero-order valence-electron chi connectivity index (χ0n) is 18.2. The molecule has 0 heterocycles. The number of hydrazine groups is 1. The lowest BCUT2D eigenvalue weighted by Gasteiger charge is -2.11. The average molecular weight is 536 g/mol. The van der Waals surface area contributed by atoms with Gasteiger partial charge in [0.1, 0.15) is 5.75 Å². The molecule has 176 valence electrons. The summed E-state index contributed by atoms with van der Waals surface area (Å²) in [6.45, 7) is 0.346. The highest BCUT2D eigenvalue weighted by atomic mass is 79.9. The number of rotatable bonds is 10. The number of benzene rings is 2. The third-order valence-electron chi connectivity index (χ3n) is 4.46. The van der Waals surface area contributed by atoms with E-state index in [-0.39, 0.29) is 29.8 Å². The summed E-state index contributed by atoms with van der Waals surface area (Å²) in [6.07, 6.45) is 2.16. The van der Waals surface area contributed by atoms with Gasteiger partial charge in [-0.2, -0.15) is 0 Å². The van der Waals surface area contributed by atoms with Crippen LogP contribution in [0.4, 0.5) is 0 Å². The van der Waals surface area contributed by atoms with E-state index in [1.165, 1.54) is 12.7 Å². The zero-order valence-corrected chi connectivity index (χ0v) is 20.6. The summed E-state index contributed by atoms with van der Waals surface area (Å²) in [5.74, 6) is -0.552. The number of nitrogens with one attached hydrogen (secondary N) is 3. The molecule has 0 bridgehead atoms. The Morgan fingerprint density at radius 2 is 1.76 bits per heavy atom. The van der Waals surface area contributed by atoms with Crippen LogP contribution in [-0.4, -0.2) is 36.6 Å². The second-order valence-corrected chi connectivity index (χ2v) is 8.23. The number of thiocarbonyl (C=S) groups is 1. The highest BCUT2D eigenvalue weighted by Gasteiger charge is 2.11. The number of hydrogen-bond donors (Lipinski definition) is 3. The molecule has 0 radical (unpaired) electrons. The van der Waals surface area contributed by atoms with Gasteiger partial charge in [-0.15, -0.1) is 0 Å². The van der Waals surface area contributed by atoms with E-state index >= 15 is 0 Å². The topological polar surface area (TPSA) is 106 Å². The van der Waals surface area contributed by atoms with Crippen LogP contribution in [0.25, 0.3) is 0 Å². The van der Waals surface area contributed by atoms with Gasteiger partial charge in [0.05, 0.1) is 18.2 Å². The number of carbonyl (C=O) groups excluding carboxylic acids is 3. The van der Waals surface area contributed by atoms with Gasteiger partial charge >= 0.3 is 5.97 Å². The molecule has 0 saturated heterocycles. The number of halogens is 1. The highest BCUT2D eigenvalue weighted by Crippen LogP contribution is 2.25. The monoisotopic (exact) mass is 535 g/mol. The second kappa shape index (κ2) is 14.2. The highest BCUT2D eigenvalue weighted by molar-refractivity contribution is 9.10. The van der Waals surface area contributed by atoms with Crippen molar-refractivity contribution in [1.29, 1.82) is 0 Å². The molecular weight excluding hydrogens is 510 g/mol. The lowest BCUT2D eigenvalue weighted by molar-refractivity contribution is -0.143. The predicted octanol–water partition coefficient (Wildman–Crippen LogP) is 3.44. The van der Waals surface area contributed by atoms with Gasteiger partial charge in [0, 0.05) is 18.4 Å². The Kier molecular flexibility index (Phi) is 11.3. The van der Waals surface area contributed by atoms with Crippen molar-refractivity contribution in [2.45, 2.75) is 32.1 Å². The molecule has 0 saturated carbocycles. The van der Waals surface area contributed by atoms with Crippen LogP contribution < -0.4 is 20.9 Å². The quantitative estimate of drug-likeness (QED) is 0.185. The fraction of sp³-hybridized carbons (Fsp3) is 0.304. The molecule has 10 heteroatoms. The lowest BCUT2D eigenvalue weighted by Crippen LogP contribution is -2.48. The Bertz CT molecular complexity index is 972. The minimum absolute atomic E-state index is 0.0515. The van der Waals surface area contributed by atoms with E-state index in [9.17, 15) is 14.4 Å². The van der Waals surface area contributed by atoms with Crippen molar-refractivity contribution in [1.82, 2.24) is 16.2 Å². The first-order valence-electron chi connectivity index (χ1n) is 10.3. The van der Waals surface area contributed by atoms with E-state index < -0.39 is 5.91 Å². The zero-order chi connectivity index (χ0) is 24.1. The minimum atomic E-state index is -0.440. The van der Waals surface area contributed by atoms with Crippen molar-refractivity contribution in [3.05, 3.63) is 64.1 Å². The minimum Gasteiger partial charge on any atom is -0.496 e. The molecule has 2 rings (SSSR count). The maximum atomic E-state index is 12.2. The summed E-state index contributed by atoms with van der Waals surface area (Å²) in [5, 5.41) is 2.39. The van der Waals surface area contributed by atoms with Crippen LogP contribution in [0.2, 0.25) is 0 Å². The smallest absolute Gasteiger partial charge is 0.305 e. The van der Waals surface area contributed by atoms with Crippen LogP contribution in [0, 0.1) is 0 Å². The molecule has 3 N–H and O–H groups in total. The molecule has 0 atom stereocenters. The van der Waals surface area contributed by atoms with Crippen LogP contribution >= 0.6 is 28.1 Å². The molecule has 0 fully saturated rings. The Morgan fingerprint density at radius 3 is 2.45 bits per heavy atom. The van der Waals surface area contributed by atoms with Crippen molar-refractivity contribution in [3.63, 3.8) is 0 Å².